The molecule has 1 unspecified atom stereocenters. The highest BCUT2D eigenvalue weighted by Crippen LogP contribution is 2.39. The molecule has 1 atom stereocenters. The normalized spacial score (nSPS) is 22.8. The molecule has 0 aromatic heterocycles. The van der Waals surface area contributed by atoms with E-state index in [2.05, 4.69) is 56.3 Å². The van der Waals surface area contributed by atoms with E-state index >= 15 is 0 Å². The van der Waals surface area contributed by atoms with Crippen molar-refractivity contribution in [1.82, 2.24) is 0 Å². The summed E-state index contributed by atoms with van der Waals surface area (Å²) in [6, 6.07) is 8.76. The summed E-state index contributed by atoms with van der Waals surface area (Å²) in [5.41, 5.74) is 2.71. The van der Waals surface area contributed by atoms with Crippen LogP contribution in [0.4, 0.5) is 0 Å². The molecule has 1 fully saturated rings. The maximum absolute atomic E-state index is 5.96. The molecule has 33 heavy (non-hydrogen) atoms. The Morgan fingerprint density at radius 1 is 0.758 bits per heavy atom. The summed E-state index contributed by atoms with van der Waals surface area (Å²) in [5, 5.41) is 0. The van der Waals surface area contributed by atoms with Gasteiger partial charge in [-0.05, 0) is 66.7 Å². The molecule has 1 nitrogen and oxygen atoms in total. The van der Waals surface area contributed by atoms with Crippen LogP contribution < -0.4 is 4.74 Å². The molecule has 1 aromatic rings. The van der Waals surface area contributed by atoms with Crippen molar-refractivity contribution < 1.29 is 4.74 Å². The van der Waals surface area contributed by atoms with E-state index in [0.717, 1.165) is 30.1 Å². The van der Waals surface area contributed by atoms with Gasteiger partial charge in [-0.15, -0.1) is 0 Å². The maximum Gasteiger partial charge on any atom is 0.119 e. The summed E-state index contributed by atoms with van der Waals surface area (Å²) in [6.07, 6.45) is 29.5. The highest BCUT2D eigenvalue weighted by Gasteiger charge is 2.26. The van der Waals surface area contributed by atoms with Gasteiger partial charge in [0, 0.05) is 0 Å². The molecule has 0 saturated heterocycles. The van der Waals surface area contributed by atoms with E-state index in [1.165, 1.54) is 114 Å². The second kappa shape index (κ2) is 15.4. The van der Waals surface area contributed by atoms with Gasteiger partial charge in [-0.1, -0.05) is 121 Å². The third-order valence-corrected chi connectivity index (χ3v) is 8.05. The van der Waals surface area contributed by atoms with Gasteiger partial charge in [0.2, 0.25) is 0 Å². The van der Waals surface area contributed by atoms with Crippen molar-refractivity contribution in [1.29, 1.82) is 0 Å². The molecule has 0 spiro atoms. The van der Waals surface area contributed by atoms with Crippen LogP contribution in [0.5, 0.6) is 5.75 Å². The van der Waals surface area contributed by atoms with E-state index in [0.29, 0.717) is 0 Å². The minimum Gasteiger partial charge on any atom is -0.494 e. The van der Waals surface area contributed by atoms with Crippen LogP contribution in [0.25, 0.3) is 5.57 Å². The van der Waals surface area contributed by atoms with E-state index in [1.54, 1.807) is 0 Å². The Morgan fingerprint density at radius 3 is 2.09 bits per heavy atom. The summed E-state index contributed by atoms with van der Waals surface area (Å²) < 4.78 is 5.96. The van der Waals surface area contributed by atoms with Crippen LogP contribution in [0.2, 0.25) is 0 Å². The summed E-state index contributed by atoms with van der Waals surface area (Å²) in [4.78, 5) is 0. The standard InChI is InChI=1S/C32H50O/c1-3-5-7-9-10-12-26-33-32-24-22-31(23-25-32)30-20-18-29(19-21-30)28-16-14-27(15-17-28)13-11-8-6-4-2/h18,20-25,27-29H,3-17,19,26H2,1-2H3. The third kappa shape index (κ3) is 9.34. The number of benzene rings is 1. The van der Waals surface area contributed by atoms with Crippen molar-refractivity contribution in [2.45, 2.75) is 117 Å². The lowest BCUT2D eigenvalue weighted by Crippen LogP contribution is -2.21. The molecule has 1 aromatic carbocycles. The van der Waals surface area contributed by atoms with Crippen LogP contribution in [-0.4, -0.2) is 6.61 Å². The van der Waals surface area contributed by atoms with Crippen molar-refractivity contribution in [3.8, 4) is 5.75 Å². The molecule has 0 heterocycles. The first kappa shape index (κ1) is 26.1. The fourth-order valence-corrected chi connectivity index (χ4v) is 5.78. The first-order chi connectivity index (χ1) is 16.3. The third-order valence-electron chi connectivity index (χ3n) is 8.05. The Hall–Kier alpha value is -1.50. The topological polar surface area (TPSA) is 9.23 Å². The van der Waals surface area contributed by atoms with Crippen LogP contribution in [0.15, 0.2) is 42.5 Å². The predicted molar refractivity (Wildman–Crippen MR) is 145 cm³/mol. The van der Waals surface area contributed by atoms with Crippen LogP contribution in [0.3, 0.4) is 0 Å². The number of hydrogen-bond donors (Lipinski definition) is 0. The molecule has 1 saturated carbocycles. The molecular weight excluding hydrogens is 400 g/mol. The van der Waals surface area contributed by atoms with Gasteiger partial charge in [0.15, 0.2) is 0 Å². The monoisotopic (exact) mass is 450 g/mol. The molecule has 0 amide bonds. The van der Waals surface area contributed by atoms with Crippen molar-refractivity contribution >= 4 is 5.57 Å². The van der Waals surface area contributed by atoms with Crippen LogP contribution in [0, 0.1) is 17.8 Å². The van der Waals surface area contributed by atoms with E-state index in [1.807, 2.05) is 0 Å². The van der Waals surface area contributed by atoms with Crippen molar-refractivity contribution in [3.05, 3.63) is 48.1 Å². The van der Waals surface area contributed by atoms with E-state index in [9.17, 15) is 0 Å². The first-order valence-electron chi connectivity index (χ1n) is 14.4. The first-order valence-corrected chi connectivity index (χ1v) is 14.4. The molecule has 3 rings (SSSR count). The minimum atomic E-state index is 0.759. The van der Waals surface area contributed by atoms with Crippen LogP contribution in [-0.2, 0) is 0 Å². The highest BCUT2D eigenvalue weighted by molar-refractivity contribution is 5.75. The van der Waals surface area contributed by atoms with Gasteiger partial charge in [0.1, 0.15) is 5.75 Å². The van der Waals surface area contributed by atoms with Gasteiger partial charge in [-0.25, -0.2) is 0 Å². The Morgan fingerprint density at radius 2 is 1.42 bits per heavy atom. The number of unbranched alkanes of at least 4 members (excludes halogenated alkanes) is 8. The van der Waals surface area contributed by atoms with Crippen LogP contribution in [0.1, 0.15) is 122 Å². The Balaban J connectivity index is 1.34. The summed E-state index contributed by atoms with van der Waals surface area (Å²) >= 11 is 0. The Bertz CT molecular complexity index is 690. The van der Waals surface area contributed by atoms with Crippen molar-refractivity contribution in [2.24, 2.45) is 17.8 Å². The van der Waals surface area contributed by atoms with Gasteiger partial charge >= 0.3 is 0 Å². The second-order valence-corrected chi connectivity index (χ2v) is 10.7. The SMILES string of the molecule is CCCCCCCCOc1ccc(C2=CCC(C3CCC(CCCCCC)CC3)C=C2)cc1. The quantitative estimate of drug-likeness (QED) is 0.241. The van der Waals surface area contributed by atoms with Crippen molar-refractivity contribution in [2.75, 3.05) is 6.61 Å². The number of hydrogen-bond acceptors (Lipinski definition) is 1. The van der Waals surface area contributed by atoms with Gasteiger partial charge in [-0.2, -0.15) is 0 Å². The molecule has 1 heteroatoms. The zero-order chi connectivity index (χ0) is 23.1. The highest BCUT2D eigenvalue weighted by atomic mass is 16.5. The predicted octanol–water partition coefficient (Wildman–Crippen LogP) is 10.2. The average Bonchev–Trinajstić information content (AvgIpc) is 2.87. The van der Waals surface area contributed by atoms with Crippen LogP contribution >= 0.6 is 0 Å². The number of ether oxygens (including phenoxy) is 1. The fourth-order valence-electron chi connectivity index (χ4n) is 5.78. The molecular formula is C32H50O. The molecule has 184 valence electrons. The second-order valence-electron chi connectivity index (χ2n) is 10.7. The molecule has 0 N–H and O–H groups in total. The molecule has 0 radical (unpaired) electrons. The van der Waals surface area contributed by atoms with E-state index in [4.69, 9.17) is 4.74 Å². The van der Waals surface area contributed by atoms with E-state index < -0.39 is 0 Å². The summed E-state index contributed by atoms with van der Waals surface area (Å²) in [7, 11) is 0. The zero-order valence-electron chi connectivity index (χ0n) is 21.7. The lowest BCUT2D eigenvalue weighted by Gasteiger charge is -2.33. The van der Waals surface area contributed by atoms with Crippen molar-refractivity contribution in [3.63, 3.8) is 0 Å². The maximum atomic E-state index is 5.96. The molecule has 0 aliphatic heterocycles. The van der Waals surface area contributed by atoms with Gasteiger partial charge < -0.3 is 4.74 Å². The number of allylic oxidation sites excluding steroid dienone is 4. The lowest BCUT2D eigenvalue weighted by molar-refractivity contribution is 0.218. The molecule has 0 bridgehead atoms. The summed E-state index contributed by atoms with van der Waals surface area (Å²) in [5.74, 6) is 3.69. The van der Waals surface area contributed by atoms with Gasteiger partial charge in [0.05, 0.1) is 6.61 Å². The average molecular weight is 451 g/mol. The largest absolute Gasteiger partial charge is 0.494 e. The molecule has 2 aliphatic rings. The van der Waals surface area contributed by atoms with Gasteiger partial charge in [0.25, 0.3) is 0 Å². The minimum absolute atomic E-state index is 0.759. The summed E-state index contributed by atoms with van der Waals surface area (Å²) in [6.45, 7) is 5.42. The number of rotatable bonds is 15. The zero-order valence-corrected chi connectivity index (χ0v) is 21.7. The van der Waals surface area contributed by atoms with E-state index in [-0.39, 0.29) is 0 Å². The van der Waals surface area contributed by atoms with Gasteiger partial charge in [-0.3, -0.25) is 0 Å². The lowest BCUT2D eigenvalue weighted by atomic mass is 9.72. The molecule has 2 aliphatic carbocycles. The Kier molecular flexibility index (Phi) is 12.2. The fraction of sp³-hybridized carbons (Fsp3) is 0.688. The smallest absolute Gasteiger partial charge is 0.119 e. The Labute approximate surface area is 205 Å².